The summed E-state index contributed by atoms with van der Waals surface area (Å²) in [5, 5.41) is 12.5. The molecule has 1 aliphatic carbocycles. The predicted octanol–water partition coefficient (Wildman–Crippen LogP) is 1.83. The van der Waals surface area contributed by atoms with Crippen LogP contribution in [0.2, 0.25) is 0 Å². The fourth-order valence-electron chi connectivity index (χ4n) is 3.39. The second-order valence-electron chi connectivity index (χ2n) is 6.59. The minimum Gasteiger partial charge on any atom is -0.481 e. The molecule has 0 radical (unpaired) electrons. The number of fused-ring (bicyclic) bond motifs is 3. The highest BCUT2D eigenvalue weighted by atomic mass is 32.1. The molecule has 2 aromatic rings. The Hall–Kier alpha value is -2.22. The summed E-state index contributed by atoms with van der Waals surface area (Å²) in [6, 6.07) is 0. The van der Waals surface area contributed by atoms with Crippen LogP contribution < -0.4 is 10.9 Å². The van der Waals surface area contributed by atoms with Gasteiger partial charge < -0.3 is 10.4 Å². The summed E-state index contributed by atoms with van der Waals surface area (Å²) >= 11 is 1.41. The van der Waals surface area contributed by atoms with Crippen molar-refractivity contribution >= 4 is 33.4 Å². The van der Waals surface area contributed by atoms with Gasteiger partial charge in [-0.2, -0.15) is 0 Å². The number of amides is 1. The van der Waals surface area contributed by atoms with Crippen molar-refractivity contribution in [3.8, 4) is 0 Å². The summed E-state index contributed by atoms with van der Waals surface area (Å²) in [4.78, 5) is 42.8. The molecule has 1 unspecified atom stereocenters. The molecule has 1 aliphatic rings. The number of rotatable bonds is 4. The average molecular weight is 363 g/mol. The quantitative estimate of drug-likeness (QED) is 0.863. The van der Waals surface area contributed by atoms with E-state index in [2.05, 4.69) is 10.3 Å². The van der Waals surface area contributed by atoms with Crippen LogP contribution in [-0.2, 0) is 22.6 Å². The number of aliphatic carboxylic acids is 1. The van der Waals surface area contributed by atoms with E-state index in [0.717, 1.165) is 17.7 Å². The van der Waals surface area contributed by atoms with Crippen LogP contribution in [0.25, 0.3) is 10.2 Å². The first-order chi connectivity index (χ1) is 11.8. The predicted molar refractivity (Wildman–Crippen MR) is 95.4 cm³/mol. The van der Waals surface area contributed by atoms with E-state index in [1.807, 2.05) is 13.8 Å². The Bertz CT molecular complexity index is 913. The monoisotopic (exact) mass is 363 g/mol. The minimum atomic E-state index is -0.911. The first-order valence-electron chi connectivity index (χ1n) is 8.34. The number of nitrogens with one attached hydrogen (secondary N) is 1. The third kappa shape index (κ3) is 2.95. The molecule has 0 saturated carbocycles. The third-order valence-electron chi connectivity index (χ3n) is 4.60. The van der Waals surface area contributed by atoms with Gasteiger partial charge in [0.1, 0.15) is 17.2 Å². The largest absolute Gasteiger partial charge is 0.481 e. The minimum absolute atomic E-state index is 0.0313. The average Bonchev–Trinajstić information content (AvgIpc) is 2.95. The Labute approximate surface area is 148 Å². The molecule has 0 aromatic carbocycles. The zero-order chi connectivity index (χ0) is 18.3. The van der Waals surface area contributed by atoms with E-state index >= 15 is 0 Å². The summed E-state index contributed by atoms with van der Waals surface area (Å²) in [6.45, 7) is 3.72. The fourth-order valence-corrected chi connectivity index (χ4v) is 4.67. The van der Waals surface area contributed by atoms with Crippen molar-refractivity contribution in [3.05, 3.63) is 26.6 Å². The molecule has 2 heterocycles. The normalized spacial score (nSPS) is 16.9. The van der Waals surface area contributed by atoms with Crippen LogP contribution in [0.1, 0.15) is 54.8 Å². The molecule has 0 fully saturated rings. The van der Waals surface area contributed by atoms with Crippen LogP contribution in [0.4, 0.5) is 0 Å². The molecule has 7 nitrogen and oxygen atoms in total. The fraction of sp³-hybridized carbons (Fsp3) is 0.529. The zero-order valence-corrected chi connectivity index (χ0v) is 15.3. The summed E-state index contributed by atoms with van der Waals surface area (Å²) < 4.78 is 1.38. The lowest BCUT2D eigenvalue weighted by Gasteiger charge is -2.19. The Morgan fingerprint density at radius 2 is 2.16 bits per heavy atom. The molecule has 0 aliphatic heterocycles. The van der Waals surface area contributed by atoms with Crippen LogP contribution in [-0.4, -0.2) is 33.6 Å². The Balaban J connectivity index is 2.32. The van der Waals surface area contributed by atoms with Gasteiger partial charge in [0, 0.05) is 17.8 Å². The number of aromatic nitrogens is 2. The van der Waals surface area contributed by atoms with Crippen LogP contribution in [0.15, 0.2) is 4.79 Å². The van der Waals surface area contributed by atoms with Crippen LogP contribution in [0.3, 0.4) is 0 Å². The van der Waals surface area contributed by atoms with E-state index in [4.69, 9.17) is 0 Å². The van der Waals surface area contributed by atoms with E-state index in [1.54, 1.807) is 0 Å². The molecule has 1 amide bonds. The molecular formula is C17H21N3O4S. The maximum Gasteiger partial charge on any atom is 0.311 e. The standard InChI is InChI=1S/C17H21N3O4S/c1-8(2)14-19-15-13(16(22)20(14)7-11(21)18-3)12-9(17(23)24)5-4-6-10(12)25-15/h8-9H,4-7H2,1-3H3,(H,18,21)(H,23,24). The highest BCUT2D eigenvalue weighted by Gasteiger charge is 2.32. The lowest BCUT2D eigenvalue weighted by molar-refractivity contribution is -0.139. The van der Waals surface area contributed by atoms with Crippen molar-refractivity contribution in [2.24, 2.45) is 0 Å². The van der Waals surface area contributed by atoms with Gasteiger partial charge in [-0.3, -0.25) is 19.0 Å². The number of aryl methyl sites for hydroxylation is 1. The number of nitrogens with zero attached hydrogens (tertiary/aromatic N) is 2. The second-order valence-corrected chi connectivity index (χ2v) is 7.67. The topological polar surface area (TPSA) is 101 Å². The first kappa shape index (κ1) is 17.6. The Morgan fingerprint density at radius 3 is 2.76 bits per heavy atom. The van der Waals surface area contributed by atoms with Gasteiger partial charge in [0.2, 0.25) is 5.91 Å². The van der Waals surface area contributed by atoms with Gasteiger partial charge >= 0.3 is 5.97 Å². The molecule has 8 heteroatoms. The molecule has 2 aromatic heterocycles. The number of hydrogen-bond donors (Lipinski definition) is 2. The first-order valence-corrected chi connectivity index (χ1v) is 9.16. The molecule has 0 saturated heterocycles. The van der Waals surface area contributed by atoms with Crippen molar-refractivity contribution < 1.29 is 14.7 Å². The van der Waals surface area contributed by atoms with Crippen LogP contribution >= 0.6 is 11.3 Å². The number of carboxylic acid groups (broad SMARTS) is 1. The highest BCUT2D eigenvalue weighted by Crippen LogP contribution is 2.40. The smallest absolute Gasteiger partial charge is 0.311 e. The van der Waals surface area contributed by atoms with Crippen molar-refractivity contribution in [1.29, 1.82) is 0 Å². The highest BCUT2D eigenvalue weighted by molar-refractivity contribution is 7.18. The lowest BCUT2D eigenvalue weighted by atomic mass is 9.86. The third-order valence-corrected chi connectivity index (χ3v) is 5.75. The molecule has 0 bridgehead atoms. The maximum absolute atomic E-state index is 13.2. The summed E-state index contributed by atoms with van der Waals surface area (Å²) in [7, 11) is 1.52. The van der Waals surface area contributed by atoms with Gasteiger partial charge in [-0.1, -0.05) is 13.8 Å². The molecule has 2 N–H and O–H groups in total. The van der Waals surface area contributed by atoms with E-state index in [9.17, 15) is 19.5 Å². The van der Waals surface area contributed by atoms with Crippen molar-refractivity contribution in [3.63, 3.8) is 0 Å². The van der Waals surface area contributed by atoms with Gasteiger partial charge in [0.15, 0.2) is 0 Å². The van der Waals surface area contributed by atoms with Gasteiger partial charge in [0.05, 0.1) is 11.3 Å². The van der Waals surface area contributed by atoms with E-state index in [-0.39, 0.29) is 23.9 Å². The van der Waals surface area contributed by atoms with Crippen molar-refractivity contribution in [2.75, 3.05) is 7.05 Å². The summed E-state index contributed by atoms with van der Waals surface area (Å²) in [6.07, 6.45) is 2.08. The number of likely N-dealkylation sites (N-methyl/N-ethyl adjacent to an activating group) is 1. The number of carbonyl (C=O) groups is 2. The van der Waals surface area contributed by atoms with Gasteiger partial charge in [0.25, 0.3) is 5.56 Å². The Kier molecular flexibility index (Phi) is 4.64. The van der Waals surface area contributed by atoms with Gasteiger partial charge in [-0.15, -0.1) is 11.3 Å². The zero-order valence-electron chi connectivity index (χ0n) is 14.5. The second kappa shape index (κ2) is 6.59. The molecule has 1 atom stereocenters. The maximum atomic E-state index is 13.2. The van der Waals surface area contributed by atoms with Crippen LogP contribution in [0, 0.1) is 0 Å². The molecular weight excluding hydrogens is 342 g/mol. The Morgan fingerprint density at radius 1 is 1.44 bits per heavy atom. The lowest BCUT2D eigenvalue weighted by Crippen LogP contribution is -2.33. The number of carboxylic acids is 1. The van der Waals surface area contributed by atoms with Crippen LogP contribution in [0.5, 0.6) is 0 Å². The number of thiophene rings is 1. The molecule has 134 valence electrons. The van der Waals surface area contributed by atoms with Crippen molar-refractivity contribution in [2.45, 2.75) is 51.5 Å². The summed E-state index contributed by atoms with van der Waals surface area (Å²) in [5.41, 5.74) is 0.292. The van der Waals surface area contributed by atoms with E-state index in [1.165, 1.54) is 23.0 Å². The van der Waals surface area contributed by atoms with Gasteiger partial charge in [-0.05, 0) is 24.8 Å². The molecule has 3 rings (SSSR count). The summed E-state index contributed by atoms with van der Waals surface area (Å²) in [5.74, 6) is -1.36. The number of hydrogen-bond acceptors (Lipinski definition) is 5. The van der Waals surface area contributed by atoms with Gasteiger partial charge in [-0.25, -0.2) is 4.98 Å². The molecule has 25 heavy (non-hydrogen) atoms. The van der Waals surface area contributed by atoms with E-state index in [0.29, 0.717) is 28.0 Å². The van der Waals surface area contributed by atoms with E-state index < -0.39 is 11.9 Å². The van der Waals surface area contributed by atoms with Crippen molar-refractivity contribution in [1.82, 2.24) is 14.9 Å². The number of carbonyl (C=O) groups excluding carboxylic acids is 1. The molecule has 0 spiro atoms. The SMILES string of the molecule is CNC(=O)Cn1c(C(C)C)nc2sc3c(c2c1=O)C(C(=O)O)CCC3.